The van der Waals surface area contributed by atoms with E-state index in [0.717, 1.165) is 30.5 Å². The van der Waals surface area contributed by atoms with E-state index in [4.69, 9.17) is 5.73 Å². The predicted octanol–water partition coefficient (Wildman–Crippen LogP) is 2.30. The first-order valence-electron chi connectivity index (χ1n) is 8.52. The number of nitrogens with zero attached hydrogens (tertiary/aromatic N) is 4. The Morgan fingerprint density at radius 2 is 2.12 bits per heavy atom. The summed E-state index contributed by atoms with van der Waals surface area (Å²) in [5.41, 5.74) is 8.15. The number of nitrogens with two attached hydrogens (primary N) is 1. The highest BCUT2D eigenvalue weighted by Gasteiger charge is 2.28. The van der Waals surface area contributed by atoms with Crippen LogP contribution in [-0.4, -0.2) is 38.7 Å². The lowest BCUT2D eigenvalue weighted by atomic mass is 9.98. The van der Waals surface area contributed by atoms with Gasteiger partial charge in [0.2, 0.25) is 5.91 Å². The Morgan fingerprint density at radius 3 is 2.71 bits per heavy atom. The van der Waals surface area contributed by atoms with Crippen molar-refractivity contribution in [1.29, 1.82) is 0 Å². The maximum absolute atomic E-state index is 12.6. The number of carbonyl (C=O) groups is 1. The number of rotatable bonds is 5. The highest BCUT2D eigenvalue weighted by molar-refractivity contribution is 5.76. The maximum Gasteiger partial charge on any atom is 0.223 e. The summed E-state index contributed by atoms with van der Waals surface area (Å²) in [5, 5.41) is 4.12. The van der Waals surface area contributed by atoms with Gasteiger partial charge in [0.1, 0.15) is 12.7 Å². The van der Waals surface area contributed by atoms with Gasteiger partial charge in [-0.1, -0.05) is 18.6 Å². The van der Waals surface area contributed by atoms with Crippen LogP contribution in [-0.2, 0) is 4.79 Å². The minimum Gasteiger partial charge on any atom is -0.339 e. The van der Waals surface area contributed by atoms with Crippen molar-refractivity contribution in [2.24, 2.45) is 11.7 Å². The summed E-state index contributed by atoms with van der Waals surface area (Å²) in [6, 6.07) is 8.26. The van der Waals surface area contributed by atoms with Crippen LogP contribution >= 0.6 is 0 Å². The van der Waals surface area contributed by atoms with Gasteiger partial charge in [-0.25, -0.2) is 9.67 Å². The van der Waals surface area contributed by atoms with Gasteiger partial charge >= 0.3 is 0 Å². The Morgan fingerprint density at radius 1 is 1.38 bits per heavy atom. The fraction of sp³-hybridized carbons (Fsp3) is 0.500. The first-order valence-corrected chi connectivity index (χ1v) is 8.52. The fourth-order valence-corrected chi connectivity index (χ4v) is 3.37. The zero-order chi connectivity index (χ0) is 17.1. The second-order valence-electron chi connectivity index (χ2n) is 6.67. The van der Waals surface area contributed by atoms with Crippen molar-refractivity contribution in [1.82, 2.24) is 19.7 Å². The van der Waals surface area contributed by atoms with E-state index < -0.39 is 0 Å². The first-order chi connectivity index (χ1) is 11.6. The van der Waals surface area contributed by atoms with E-state index in [9.17, 15) is 4.79 Å². The fourth-order valence-electron chi connectivity index (χ4n) is 3.37. The van der Waals surface area contributed by atoms with Crippen LogP contribution in [0.25, 0.3) is 5.69 Å². The summed E-state index contributed by atoms with van der Waals surface area (Å²) < 4.78 is 1.71. The molecule has 0 bridgehead atoms. The summed E-state index contributed by atoms with van der Waals surface area (Å²) in [6.45, 7) is 2.05. The molecule has 1 unspecified atom stereocenters. The molecule has 3 atom stereocenters. The van der Waals surface area contributed by atoms with E-state index in [0.29, 0.717) is 12.3 Å². The van der Waals surface area contributed by atoms with Crippen LogP contribution in [0, 0.1) is 5.92 Å². The number of amides is 1. The van der Waals surface area contributed by atoms with Gasteiger partial charge in [0.15, 0.2) is 0 Å². The Kier molecular flexibility index (Phi) is 4.94. The van der Waals surface area contributed by atoms with E-state index in [2.05, 4.69) is 17.0 Å². The van der Waals surface area contributed by atoms with Crippen LogP contribution in [0.5, 0.6) is 0 Å². The molecule has 0 aliphatic heterocycles. The SMILES string of the molecule is CC(c1ccc(-n2cncn2)cc1)N(C)C(=O)C[C@@H]1CCC[C@H]1N. The zero-order valence-corrected chi connectivity index (χ0v) is 14.3. The lowest BCUT2D eigenvalue weighted by Gasteiger charge is -2.27. The molecule has 3 rings (SSSR count). The molecule has 1 amide bonds. The Bertz CT molecular complexity index is 667. The number of hydrogen-bond donors (Lipinski definition) is 1. The normalized spacial score (nSPS) is 21.6. The van der Waals surface area contributed by atoms with E-state index >= 15 is 0 Å². The van der Waals surface area contributed by atoms with Gasteiger partial charge in [-0.05, 0) is 43.4 Å². The van der Waals surface area contributed by atoms with Crippen molar-refractivity contribution in [3.05, 3.63) is 42.5 Å². The van der Waals surface area contributed by atoms with Crippen molar-refractivity contribution >= 4 is 5.91 Å². The van der Waals surface area contributed by atoms with Gasteiger partial charge in [0, 0.05) is 19.5 Å². The van der Waals surface area contributed by atoms with Crippen molar-refractivity contribution in [3.63, 3.8) is 0 Å². The minimum atomic E-state index is 0.0277. The molecule has 24 heavy (non-hydrogen) atoms. The molecule has 6 heteroatoms. The van der Waals surface area contributed by atoms with E-state index in [1.807, 2.05) is 36.2 Å². The summed E-state index contributed by atoms with van der Waals surface area (Å²) in [6.07, 6.45) is 6.99. The van der Waals surface area contributed by atoms with Gasteiger partial charge in [-0.3, -0.25) is 4.79 Å². The van der Waals surface area contributed by atoms with Crippen LogP contribution in [0.1, 0.15) is 44.2 Å². The molecule has 1 aliphatic rings. The van der Waals surface area contributed by atoms with Crippen LogP contribution in [0.3, 0.4) is 0 Å². The van der Waals surface area contributed by atoms with Gasteiger partial charge in [-0.2, -0.15) is 5.10 Å². The first kappa shape index (κ1) is 16.6. The van der Waals surface area contributed by atoms with Crippen LogP contribution < -0.4 is 5.73 Å². The standard InChI is InChI=1S/C18H25N5O/c1-13(22(2)18(24)10-15-4-3-5-17(15)19)14-6-8-16(9-7-14)23-12-20-11-21-23/h6-9,11-13,15,17H,3-5,10,19H2,1-2H3/t13?,15-,17+/m0/s1. The van der Waals surface area contributed by atoms with Crippen molar-refractivity contribution in [3.8, 4) is 5.69 Å². The smallest absolute Gasteiger partial charge is 0.223 e. The molecular weight excluding hydrogens is 302 g/mol. The quantitative estimate of drug-likeness (QED) is 0.914. The molecule has 0 saturated heterocycles. The van der Waals surface area contributed by atoms with Crippen molar-refractivity contribution in [2.45, 2.75) is 44.7 Å². The Labute approximate surface area is 142 Å². The summed E-state index contributed by atoms with van der Waals surface area (Å²) >= 11 is 0. The molecule has 0 radical (unpaired) electrons. The van der Waals surface area contributed by atoms with Gasteiger partial charge in [0.05, 0.1) is 11.7 Å². The topological polar surface area (TPSA) is 77.0 Å². The van der Waals surface area contributed by atoms with Gasteiger partial charge in [-0.15, -0.1) is 0 Å². The third-order valence-corrected chi connectivity index (χ3v) is 5.19. The van der Waals surface area contributed by atoms with Gasteiger partial charge in [0.25, 0.3) is 0 Å². The monoisotopic (exact) mass is 327 g/mol. The molecule has 0 spiro atoms. The number of carbonyl (C=O) groups excluding carboxylic acids is 1. The second-order valence-corrected chi connectivity index (χ2v) is 6.67. The summed E-state index contributed by atoms with van der Waals surface area (Å²) in [4.78, 5) is 18.3. The Balaban J connectivity index is 1.64. The predicted molar refractivity (Wildman–Crippen MR) is 92.5 cm³/mol. The third kappa shape index (κ3) is 3.48. The lowest BCUT2D eigenvalue weighted by molar-refractivity contribution is -0.132. The average molecular weight is 327 g/mol. The van der Waals surface area contributed by atoms with E-state index in [-0.39, 0.29) is 18.0 Å². The zero-order valence-electron chi connectivity index (χ0n) is 14.3. The minimum absolute atomic E-state index is 0.0277. The third-order valence-electron chi connectivity index (χ3n) is 5.19. The highest BCUT2D eigenvalue weighted by Crippen LogP contribution is 2.29. The molecule has 1 saturated carbocycles. The average Bonchev–Trinajstić information content (AvgIpc) is 3.26. The van der Waals surface area contributed by atoms with Crippen LogP contribution in [0.15, 0.2) is 36.9 Å². The molecule has 1 fully saturated rings. The highest BCUT2D eigenvalue weighted by atomic mass is 16.2. The molecule has 128 valence electrons. The van der Waals surface area contributed by atoms with E-state index in [1.54, 1.807) is 11.0 Å². The molecular formula is C18H25N5O. The number of benzene rings is 1. The molecule has 2 N–H and O–H groups in total. The molecule has 2 aromatic rings. The molecule has 6 nitrogen and oxygen atoms in total. The molecule has 1 aromatic heterocycles. The molecule has 1 aromatic carbocycles. The van der Waals surface area contributed by atoms with Crippen LogP contribution in [0.2, 0.25) is 0 Å². The largest absolute Gasteiger partial charge is 0.339 e. The lowest BCUT2D eigenvalue weighted by Crippen LogP contribution is -2.34. The summed E-state index contributed by atoms with van der Waals surface area (Å²) in [7, 11) is 1.87. The van der Waals surface area contributed by atoms with Crippen molar-refractivity contribution < 1.29 is 4.79 Å². The van der Waals surface area contributed by atoms with Crippen molar-refractivity contribution in [2.75, 3.05) is 7.05 Å². The molecule has 1 aliphatic carbocycles. The molecule has 1 heterocycles. The Hall–Kier alpha value is -2.21. The summed E-state index contributed by atoms with van der Waals surface area (Å²) in [5.74, 6) is 0.507. The second kappa shape index (κ2) is 7.13. The maximum atomic E-state index is 12.6. The van der Waals surface area contributed by atoms with Gasteiger partial charge < -0.3 is 10.6 Å². The van der Waals surface area contributed by atoms with Crippen LogP contribution in [0.4, 0.5) is 0 Å². The number of aromatic nitrogens is 3. The van der Waals surface area contributed by atoms with E-state index in [1.165, 1.54) is 6.33 Å². The number of hydrogen-bond acceptors (Lipinski definition) is 4.